The molecule has 0 amide bonds. The predicted octanol–water partition coefficient (Wildman–Crippen LogP) is 8.67. The van der Waals surface area contributed by atoms with Gasteiger partial charge in [-0.15, -0.1) is 0 Å². The number of carbonyl (C=O) groups is 1. The van der Waals surface area contributed by atoms with Gasteiger partial charge < -0.3 is 24.1 Å². The van der Waals surface area contributed by atoms with Gasteiger partial charge in [0.05, 0.1) is 38.6 Å². The third kappa shape index (κ3) is 4.73. The van der Waals surface area contributed by atoms with Gasteiger partial charge in [0.15, 0.2) is 17.3 Å². The molecule has 1 aromatic rings. The molecular formula is C40H60O6. The Balaban J connectivity index is 1.39. The van der Waals surface area contributed by atoms with Gasteiger partial charge in [-0.3, -0.25) is 4.79 Å². The third-order valence-corrected chi connectivity index (χ3v) is 14.7. The summed E-state index contributed by atoms with van der Waals surface area (Å²) in [6.07, 6.45) is 10.9. The van der Waals surface area contributed by atoms with Crippen molar-refractivity contribution in [1.82, 2.24) is 0 Å². The van der Waals surface area contributed by atoms with Crippen LogP contribution in [0.5, 0.6) is 17.2 Å². The SMILES string of the molecule is COc1cc(/C=C2/C[C@@]3(C)C(CC[C@]4(C)C3C[C@@H](O)C3C([C@@]5(C)CCCC(C)(C)O5)CC[C@]34C)C(C)(C)C2=O)cc(OC)c1OC. The first kappa shape index (κ1) is 33.8. The predicted molar refractivity (Wildman–Crippen MR) is 182 cm³/mol. The number of allylic oxidation sites excluding steroid dienone is 1. The van der Waals surface area contributed by atoms with Gasteiger partial charge >= 0.3 is 0 Å². The lowest BCUT2D eigenvalue weighted by Crippen LogP contribution is -2.66. The lowest BCUT2D eigenvalue weighted by molar-refractivity contribution is -0.245. The minimum absolute atomic E-state index is 0.00807. The molecule has 4 aliphatic carbocycles. The first-order valence-electron chi connectivity index (χ1n) is 17.8. The molecule has 0 spiro atoms. The number of ether oxygens (including phenoxy) is 4. The highest BCUT2D eigenvalue weighted by Crippen LogP contribution is 2.76. The Bertz CT molecular complexity index is 1390. The Morgan fingerprint density at radius 1 is 0.826 bits per heavy atom. The molecule has 5 fully saturated rings. The Kier molecular flexibility index (Phi) is 8.08. The van der Waals surface area contributed by atoms with E-state index in [1.807, 2.05) is 12.1 Å². The summed E-state index contributed by atoms with van der Waals surface area (Å²) in [5.41, 5.74) is 0.842. The van der Waals surface area contributed by atoms with Crippen molar-refractivity contribution in [3.63, 3.8) is 0 Å². The number of aliphatic hydroxyl groups excluding tert-OH is 1. The highest BCUT2D eigenvalue weighted by atomic mass is 16.5. The van der Waals surface area contributed by atoms with Crippen molar-refractivity contribution in [2.75, 3.05) is 21.3 Å². The highest BCUT2D eigenvalue weighted by Gasteiger charge is 2.72. The smallest absolute Gasteiger partial charge is 0.203 e. The summed E-state index contributed by atoms with van der Waals surface area (Å²) in [5, 5.41) is 12.3. The van der Waals surface area contributed by atoms with E-state index in [2.05, 4.69) is 61.5 Å². The van der Waals surface area contributed by atoms with Crippen molar-refractivity contribution < 1.29 is 28.8 Å². The summed E-state index contributed by atoms with van der Waals surface area (Å²) in [6.45, 7) is 18.7. The van der Waals surface area contributed by atoms with Crippen molar-refractivity contribution in [2.45, 2.75) is 130 Å². The fourth-order valence-corrected chi connectivity index (χ4v) is 12.7. The molecule has 1 heterocycles. The number of Topliss-reactive ketones (excluding diaryl/α,β-unsaturated/α-hetero) is 1. The van der Waals surface area contributed by atoms with Gasteiger partial charge in [0.1, 0.15) is 0 Å². The van der Waals surface area contributed by atoms with Crippen LogP contribution in [0.1, 0.15) is 119 Å². The van der Waals surface area contributed by atoms with E-state index in [9.17, 15) is 9.90 Å². The van der Waals surface area contributed by atoms with Crippen LogP contribution in [0.2, 0.25) is 0 Å². The zero-order chi connectivity index (χ0) is 33.7. The van der Waals surface area contributed by atoms with Crippen LogP contribution in [0.4, 0.5) is 0 Å². The number of benzene rings is 1. The molecule has 4 unspecified atom stereocenters. The van der Waals surface area contributed by atoms with Gasteiger partial charge in [0.25, 0.3) is 0 Å². The van der Waals surface area contributed by atoms with Crippen molar-refractivity contribution in [1.29, 1.82) is 0 Å². The van der Waals surface area contributed by atoms with E-state index in [-0.39, 0.29) is 51.2 Å². The second-order valence-corrected chi connectivity index (χ2v) is 17.8. The van der Waals surface area contributed by atoms with Gasteiger partial charge in [-0.1, -0.05) is 34.6 Å². The van der Waals surface area contributed by atoms with E-state index in [4.69, 9.17) is 18.9 Å². The first-order chi connectivity index (χ1) is 21.4. The fraction of sp³-hybridized carbons (Fsp3) is 0.775. The summed E-state index contributed by atoms with van der Waals surface area (Å²) in [5.74, 6) is 3.08. The summed E-state index contributed by atoms with van der Waals surface area (Å²) in [6, 6.07) is 3.86. The van der Waals surface area contributed by atoms with E-state index in [1.165, 1.54) is 6.42 Å². The van der Waals surface area contributed by atoms with Crippen LogP contribution in [0, 0.1) is 45.3 Å². The lowest BCUT2D eigenvalue weighted by atomic mass is 9.35. The van der Waals surface area contributed by atoms with Gasteiger partial charge in [-0.25, -0.2) is 0 Å². The number of hydrogen-bond donors (Lipinski definition) is 1. The van der Waals surface area contributed by atoms with Gasteiger partial charge in [0, 0.05) is 5.41 Å². The quantitative estimate of drug-likeness (QED) is 0.326. The van der Waals surface area contributed by atoms with Crippen LogP contribution in [-0.2, 0) is 9.53 Å². The van der Waals surface area contributed by atoms with Gasteiger partial charge in [-0.2, -0.15) is 0 Å². The molecule has 0 aromatic heterocycles. The molecule has 256 valence electrons. The number of carbonyl (C=O) groups excluding carboxylic acids is 1. The van der Waals surface area contributed by atoms with Crippen molar-refractivity contribution in [3.05, 3.63) is 23.3 Å². The molecule has 0 bridgehead atoms. The average Bonchev–Trinajstić information content (AvgIpc) is 3.36. The summed E-state index contributed by atoms with van der Waals surface area (Å²) in [4.78, 5) is 14.3. The summed E-state index contributed by atoms with van der Waals surface area (Å²) >= 11 is 0. The van der Waals surface area contributed by atoms with Crippen LogP contribution < -0.4 is 14.2 Å². The number of hydrogen-bond acceptors (Lipinski definition) is 6. The molecule has 6 heteroatoms. The highest BCUT2D eigenvalue weighted by molar-refractivity contribution is 6.04. The zero-order valence-corrected chi connectivity index (χ0v) is 30.5. The largest absolute Gasteiger partial charge is 0.493 e. The molecule has 6 rings (SSSR count). The maximum atomic E-state index is 14.3. The van der Waals surface area contributed by atoms with Crippen molar-refractivity contribution in [2.24, 2.45) is 45.3 Å². The molecule has 0 radical (unpaired) electrons. The van der Waals surface area contributed by atoms with Crippen LogP contribution >= 0.6 is 0 Å². The summed E-state index contributed by atoms with van der Waals surface area (Å²) in [7, 11) is 4.84. The Morgan fingerprint density at radius 3 is 2.04 bits per heavy atom. The van der Waals surface area contributed by atoms with E-state index >= 15 is 0 Å². The molecule has 46 heavy (non-hydrogen) atoms. The zero-order valence-electron chi connectivity index (χ0n) is 30.5. The number of rotatable bonds is 5. The Hall–Kier alpha value is -2.05. The molecule has 1 saturated heterocycles. The average molecular weight is 637 g/mol. The van der Waals surface area contributed by atoms with Gasteiger partial charge in [-0.05, 0) is 148 Å². The van der Waals surface area contributed by atoms with E-state index < -0.39 is 5.41 Å². The van der Waals surface area contributed by atoms with Crippen LogP contribution in [0.3, 0.4) is 0 Å². The van der Waals surface area contributed by atoms with Crippen LogP contribution in [0.25, 0.3) is 6.08 Å². The summed E-state index contributed by atoms with van der Waals surface area (Å²) < 4.78 is 23.8. The van der Waals surface area contributed by atoms with Crippen LogP contribution in [0.15, 0.2) is 17.7 Å². The maximum absolute atomic E-state index is 14.3. The van der Waals surface area contributed by atoms with E-state index in [0.717, 1.165) is 56.1 Å². The molecule has 1 aromatic carbocycles. The minimum atomic E-state index is -0.503. The fourth-order valence-electron chi connectivity index (χ4n) is 12.7. The second kappa shape index (κ2) is 11.0. The van der Waals surface area contributed by atoms with Crippen LogP contribution in [-0.4, -0.2) is 49.5 Å². The number of methoxy groups -OCH3 is 3. The normalized spacial score (nSPS) is 43.8. The van der Waals surface area contributed by atoms with Gasteiger partial charge in [0.2, 0.25) is 5.75 Å². The van der Waals surface area contributed by atoms with E-state index in [0.29, 0.717) is 35.5 Å². The van der Waals surface area contributed by atoms with Crippen molar-refractivity contribution in [3.8, 4) is 17.2 Å². The monoisotopic (exact) mass is 636 g/mol. The molecule has 9 atom stereocenters. The van der Waals surface area contributed by atoms with E-state index in [1.54, 1.807) is 21.3 Å². The number of fused-ring (bicyclic) bond motifs is 5. The molecule has 1 aliphatic heterocycles. The molecular weight excluding hydrogens is 576 g/mol. The maximum Gasteiger partial charge on any atom is 0.203 e. The topological polar surface area (TPSA) is 74.2 Å². The Morgan fingerprint density at radius 2 is 1.46 bits per heavy atom. The first-order valence-corrected chi connectivity index (χ1v) is 17.8. The Labute approximate surface area is 278 Å². The molecule has 4 saturated carbocycles. The third-order valence-electron chi connectivity index (χ3n) is 14.7. The molecule has 5 aliphatic rings. The second-order valence-electron chi connectivity index (χ2n) is 17.8. The minimum Gasteiger partial charge on any atom is -0.493 e. The standard InChI is InChI=1S/C40H60O6/c1-35(2)15-12-16-40(8,46-35)26-13-17-39(7)32(26)27(41)22-31-37(5)23-25(34(42)36(3,4)30(37)14-18-38(31,39)6)19-24-20-28(43-9)33(45-11)29(21-24)44-10/h19-21,26-27,30-32,41H,12-18,22-23H2,1-11H3/b25-19-/t26?,27-,30?,31?,32?,37+,38-,39-,40-/m1/s1. The number of ketones is 1. The molecule has 1 N–H and O–H groups in total. The molecule has 6 nitrogen and oxygen atoms in total. The number of aliphatic hydroxyl groups is 1. The van der Waals surface area contributed by atoms with Crippen molar-refractivity contribution >= 4 is 11.9 Å². The lowest BCUT2D eigenvalue weighted by Gasteiger charge is -2.70.